The summed E-state index contributed by atoms with van der Waals surface area (Å²) in [5.41, 5.74) is 0. The first-order valence-corrected chi connectivity index (χ1v) is 4.80. The van der Waals surface area contributed by atoms with Crippen LogP contribution in [0.25, 0.3) is 0 Å². The molecule has 0 radical (unpaired) electrons. The van der Waals surface area contributed by atoms with Crippen LogP contribution in [0.1, 0.15) is 6.42 Å². The van der Waals surface area contributed by atoms with Gasteiger partial charge >= 0.3 is 0 Å². The predicted octanol–water partition coefficient (Wildman–Crippen LogP) is 2.68. The lowest BCUT2D eigenvalue weighted by molar-refractivity contribution is 0.418. The van der Waals surface area contributed by atoms with Crippen molar-refractivity contribution in [2.75, 3.05) is 5.75 Å². The van der Waals surface area contributed by atoms with Gasteiger partial charge in [-0.05, 0) is 18.6 Å². The molecule has 0 aliphatic carbocycles. The van der Waals surface area contributed by atoms with Gasteiger partial charge < -0.3 is 0 Å². The fraction of sp³-hybridized carbons (Fsp3) is 0.375. The molecule has 0 saturated heterocycles. The van der Waals surface area contributed by atoms with Crippen molar-refractivity contribution in [2.24, 2.45) is 7.05 Å². The number of aromatic nitrogens is 2. The summed E-state index contributed by atoms with van der Waals surface area (Å²) < 4.78 is 25.0. The monoisotopic (exact) mass is 204 g/mol. The summed E-state index contributed by atoms with van der Waals surface area (Å²) in [6.45, 7) is 0. The van der Waals surface area contributed by atoms with Crippen LogP contribution >= 0.6 is 11.8 Å². The van der Waals surface area contributed by atoms with Crippen LogP contribution in [0.3, 0.4) is 0 Å². The molecular weight excluding hydrogens is 194 g/mol. The first-order chi connectivity index (χ1) is 6.20. The Labute approximate surface area is 79.6 Å². The van der Waals surface area contributed by atoms with Gasteiger partial charge in [-0.2, -0.15) is 13.9 Å². The van der Waals surface area contributed by atoms with Gasteiger partial charge in [-0.3, -0.25) is 4.68 Å². The molecule has 0 aromatic carbocycles. The van der Waals surface area contributed by atoms with Gasteiger partial charge in [0.25, 0.3) is 6.08 Å². The molecule has 13 heavy (non-hydrogen) atoms. The zero-order valence-electron chi connectivity index (χ0n) is 7.20. The standard InChI is InChI=1S/C8H10F2N2S/c1-12-8(4-5-11-12)13-6-2-3-7(9)10/h3-5H,2,6H2,1H3. The molecule has 1 heterocycles. The van der Waals surface area contributed by atoms with Gasteiger partial charge in [-0.25, -0.2) is 0 Å². The van der Waals surface area contributed by atoms with E-state index in [9.17, 15) is 8.78 Å². The van der Waals surface area contributed by atoms with E-state index in [1.165, 1.54) is 11.8 Å². The maximum atomic E-state index is 11.6. The Kier molecular flexibility index (Phi) is 3.95. The fourth-order valence-electron chi connectivity index (χ4n) is 0.835. The second kappa shape index (κ2) is 5.01. The average molecular weight is 204 g/mol. The van der Waals surface area contributed by atoms with Gasteiger partial charge in [0.1, 0.15) is 0 Å². The molecule has 0 aliphatic rings. The van der Waals surface area contributed by atoms with Crippen molar-refractivity contribution in [1.82, 2.24) is 9.78 Å². The molecule has 0 bridgehead atoms. The normalized spacial score (nSPS) is 10.1. The van der Waals surface area contributed by atoms with Crippen molar-refractivity contribution in [3.05, 3.63) is 24.4 Å². The van der Waals surface area contributed by atoms with E-state index < -0.39 is 6.08 Å². The molecule has 0 atom stereocenters. The van der Waals surface area contributed by atoms with Gasteiger partial charge in [0.05, 0.1) is 11.2 Å². The van der Waals surface area contributed by atoms with E-state index in [0.717, 1.165) is 11.1 Å². The minimum absolute atomic E-state index is 0.387. The largest absolute Gasteiger partial charge is 0.266 e. The van der Waals surface area contributed by atoms with Crippen LogP contribution < -0.4 is 0 Å². The van der Waals surface area contributed by atoms with Crippen LogP contribution in [0.2, 0.25) is 0 Å². The molecule has 1 rings (SSSR count). The number of nitrogens with zero attached hydrogens (tertiary/aromatic N) is 2. The summed E-state index contributed by atoms with van der Waals surface area (Å²) in [6, 6.07) is 1.86. The number of hydrogen-bond donors (Lipinski definition) is 0. The maximum Gasteiger partial charge on any atom is 0.266 e. The van der Waals surface area contributed by atoms with Crippen LogP contribution in [-0.4, -0.2) is 15.5 Å². The molecule has 2 nitrogen and oxygen atoms in total. The van der Waals surface area contributed by atoms with E-state index in [-0.39, 0.29) is 0 Å². The van der Waals surface area contributed by atoms with Gasteiger partial charge in [0, 0.05) is 12.8 Å². The van der Waals surface area contributed by atoms with Crippen molar-refractivity contribution in [2.45, 2.75) is 11.4 Å². The maximum absolute atomic E-state index is 11.6. The molecule has 0 unspecified atom stereocenters. The van der Waals surface area contributed by atoms with Crippen molar-refractivity contribution < 1.29 is 8.78 Å². The van der Waals surface area contributed by atoms with Crippen molar-refractivity contribution in [1.29, 1.82) is 0 Å². The summed E-state index contributed by atoms with van der Waals surface area (Å²) >= 11 is 1.52. The zero-order chi connectivity index (χ0) is 9.68. The molecule has 0 N–H and O–H groups in total. The van der Waals surface area contributed by atoms with Crippen LogP contribution in [0.5, 0.6) is 0 Å². The number of halogens is 2. The molecule has 0 fully saturated rings. The summed E-state index contributed by atoms with van der Waals surface area (Å²) in [4.78, 5) is 0. The van der Waals surface area contributed by atoms with Crippen LogP contribution in [0, 0.1) is 0 Å². The van der Waals surface area contributed by atoms with E-state index in [0.29, 0.717) is 12.2 Å². The first-order valence-electron chi connectivity index (χ1n) is 3.82. The molecule has 1 aromatic heterocycles. The zero-order valence-corrected chi connectivity index (χ0v) is 8.02. The highest BCUT2D eigenvalue weighted by Gasteiger charge is 1.97. The molecule has 5 heteroatoms. The predicted molar refractivity (Wildman–Crippen MR) is 48.8 cm³/mol. The number of rotatable bonds is 4. The number of hydrogen-bond acceptors (Lipinski definition) is 2. The van der Waals surface area contributed by atoms with E-state index in [2.05, 4.69) is 5.10 Å². The van der Waals surface area contributed by atoms with Gasteiger partial charge in [-0.15, -0.1) is 11.8 Å². The first kappa shape index (κ1) is 10.2. The minimum Gasteiger partial charge on any atom is -0.262 e. The Morgan fingerprint density at radius 3 is 3.00 bits per heavy atom. The van der Waals surface area contributed by atoms with Gasteiger partial charge in [0.2, 0.25) is 0 Å². The Bertz CT molecular complexity index is 292. The Morgan fingerprint density at radius 1 is 1.69 bits per heavy atom. The van der Waals surface area contributed by atoms with Crippen molar-refractivity contribution >= 4 is 11.8 Å². The Morgan fingerprint density at radius 2 is 2.46 bits per heavy atom. The van der Waals surface area contributed by atoms with E-state index in [4.69, 9.17) is 0 Å². The van der Waals surface area contributed by atoms with E-state index in [1.54, 1.807) is 10.9 Å². The quantitative estimate of drug-likeness (QED) is 0.554. The summed E-state index contributed by atoms with van der Waals surface area (Å²) in [5, 5.41) is 4.96. The van der Waals surface area contributed by atoms with Crippen LogP contribution in [0.15, 0.2) is 29.4 Å². The highest BCUT2D eigenvalue weighted by Crippen LogP contribution is 2.17. The third kappa shape index (κ3) is 3.59. The SMILES string of the molecule is Cn1nccc1SCCC=C(F)F. The minimum atomic E-state index is -1.61. The van der Waals surface area contributed by atoms with Crippen LogP contribution in [-0.2, 0) is 7.05 Å². The number of allylic oxidation sites excluding steroid dienone is 1. The summed E-state index contributed by atoms with van der Waals surface area (Å²) in [6.07, 6.45) is 1.40. The van der Waals surface area contributed by atoms with Crippen LogP contribution in [0.4, 0.5) is 8.78 Å². The molecular formula is C8H10F2N2S. The molecule has 72 valence electrons. The Hall–Kier alpha value is -0.840. The summed E-state index contributed by atoms with van der Waals surface area (Å²) in [5.74, 6) is 0.650. The Balaban J connectivity index is 2.28. The highest BCUT2D eigenvalue weighted by atomic mass is 32.2. The molecule has 0 spiro atoms. The third-order valence-electron chi connectivity index (χ3n) is 1.44. The van der Waals surface area contributed by atoms with Gasteiger partial charge in [-0.1, -0.05) is 0 Å². The third-order valence-corrected chi connectivity index (χ3v) is 2.58. The topological polar surface area (TPSA) is 17.8 Å². The van der Waals surface area contributed by atoms with Crippen molar-refractivity contribution in [3.8, 4) is 0 Å². The van der Waals surface area contributed by atoms with Crippen molar-refractivity contribution in [3.63, 3.8) is 0 Å². The molecule has 1 aromatic rings. The lowest BCUT2D eigenvalue weighted by Gasteiger charge is -1.98. The van der Waals surface area contributed by atoms with E-state index in [1.807, 2.05) is 13.1 Å². The lowest BCUT2D eigenvalue weighted by atomic mass is 10.5. The number of thioether (sulfide) groups is 1. The second-order valence-electron chi connectivity index (χ2n) is 2.42. The number of aryl methyl sites for hydroxylation is 1. The molecule has 0 amide bonds. The highest BCUT2D eigenvalue weighted by molar-refractivity contribution is 7.99. The smallest absolute Gasteiger partial charge is 0.262 e. The second-order valence-corrected chi connectivity index (χ2v) is 3.54. The fourth-order valence-corrected chi connectivity index (χ4v) is 1.67. The molecule has 0 aliphatic heterocycles. The van der Waals surface area contributed by atoms with E-state index >= 15 is 0 Å². The summed E-state index contributed by atoms with van der Waals surface area (Å²) in [7, 11) is 1.83. The molecule has 0 saturated carbocycles. The van der Waals surface area contributed by atoms with Gasteiger partial charge in [0.15, 0.2) is 0 Å². The average Bonchev–Trinajstić information content (AvgIpc) is 2.45. The lowest BCUT2D eigenvalue weighted by Crippen LogP contribution is -1.91.